The van der Waals surface area contributed by atoms with Gasteiger partial charge < -0.3 is 14.4 Å². The Labute approximate surface area is 162 Å². The molecule has 27 heavy (non-hydrogen) atoms. The minimum atomic E-state index is -3.34. The van der Waals surface area contributed by atoms with Crippen LogP contribution in [0.25, 0.3) is 0 Å². The quantitative estimate of drug-likeness (QED) is 0.670. The Bertz CT molecular complexity index is 779. The first-order valence-corrected chi connectivity index (χ1v) is 11.0. The first-order chi connectivity index (χ1) is 12.7. The van der Waals surface area contributed by atoms with Crippen LogP contribution in [0.4, 0.5) is 0 Å². The summed E-state index contributed by atoms with van der Waals surface area (Å²) in [5, 5.41) is 0. The molecule has 0 saturated carbocycles. The number of carbonyl (C=O) groups is 1. The monoisotopic (exact) mass is 398 g/mol. The summed E-state index contributed by atoms with van der Waals surface area (Å²) in [6.07, 6.45) is 2.82. The molecule has 1 aromatic carbocycles. The molecule has 1 aliphatic heterocycles. The van der Waals surface area contributed by atoms with Gasteiger partial charge in [-0.3, -0.25) is 4.79 Å². The molecule has 0 fully saturated rings. The third-order valence-electron chi connectivity index (χ3n) is 5.13. The Morgan fingerprint density at radius 2 is 1.81 bits per heavy atom. The summed E-state index contributed by atoms with van der Waals surface area (Å²) in [7, 11) is -0.143. The van der Waals surface area contributed by atoms with Gasteiger partial charge in [-0.2, -0.15) is 4.31 Å². The third-order valence-corrected chi connectivity index (χ3v) is 6.52. The predicted octanol–water partition coefficient (Wildman–Crippen LogP) is 2.04. The highest BCUT2D eigenvalue weighted by Gasteiger charge is 2.26. The van der Waals surface area contributed by atoms with E-state index in [1.165, 1.54) is 10.6 Å². The third kappa shape index (κ3) is 5.13. The zero-order valence-corrected chi connectivity index (χ0v) is 17.6. The van der Waals surface area contributed by atoms with Crippen molar-refractivity contribution in [1.29, 1.82) is 0 Å². The van der Waals surface area contributed by atoms with Gasteiger partial charge in [-0.1, -0.05) is 6.92 Å². The number of methoxy groups -OCH3 is 2. The average molecular weight is 399 g/mol. The number of ether oxygens (including phenoxy) is 2. The van der Waals surface area contributed by atoms with Crippen molar-refractivity contribution in [1.82, 2.24) is 9.21 Å². The molecular formula is C19H30N2O5S. The van der Waals surface area contributed by atoms with Crippen LogP contribution in [0.15, 0.2) is 12.1 Å². The molecule has 8 heteroatoms. The molecule has 0 aliphatic carbocycles. The van der Waals surface area contributed by atoms with Crippen molar-refractivity contribution in [3.05, 3.63) is 23.3 Å². The number of fused-ring (bicyclic) bond motifs is 1. The lowest BCUT2D eigenvalue weighted by Crippen LogP contribution is -2.42. The maximum absolute atomic E-state index is 12.7. The van der Waals surface area contributed by atoms with Crippen molar-refractivity contribution in [2.45, 2.75) is 45.7 Å². The van der Waals surface area contributed by atoms with E-state index in [-0.39, 0.29) is 24.9 Å². The van der Waals surface area contributed by atoms with Crippen LogP contribution in [0.1, 0.15) is 37.8 Å². The zero-order chi connectivity index (χ0) is 20.2. The molecule has 0 N–H and O–H groups in total. The van der Waals surface area contributed by atoms with Gasteiger partial charge in [0.05, 0.1) is 20.5 Å². The fraction of sp³-hybridized carbons (Fsp3) is 0.632. The molecule has 1 amide bonds. The van der Waals surface area contributed by atoms with Gasteiger partial charge in [0.25, 0.3) is 0 Å². The summed E-state index contributed by atoms with van der Waals surface area (Å²) >= 11 is 0. The highest BCUT2D eigenvalue weighted by atomic mass is 32.2. The normalized spacial score (nSPS) is 15.4. The lowest BCUT2D eigenvalue weighted by molar-refractivity contribution is -0.132. The molecule has 1 unspecified atom stereocenters. The number of hydrogen-bond acceptors (Lipinski definition) is 5. The SMILES string of the molecule is CCC(C)N(CCC(=O)N1CCc2cc(OC)c(OC)cc2C1)S(C)(=O)=O. The van der Waals surface area contributed by atoms with Crippen LogP contribution < -0.4 is 9.47 Å². The number of rotatable bonds is 8. The summed E-state index contributed by atoms with van der Waals surface area (Å²) in [5.74, 6) is 1.30. The first kappa shape index (κ1) is 21.5. The maximum atomic E-state index is 12.7. The van der Waals surface area contributed by atoms with E-state index in [1.54, 1.807) is 19.1 Å². The summed E-state index contributed by atoms with van der Waals surface area (Å²) in [6, 6.07) is 3.76. The van der Waals surface area contributed by atoms with Crippen molar-refractivity contribution in [3.8, 4) is 11.5 Å². The van der Waals surface area contributed by atoms with Crippen LogP contribution >= 0.6 is 0 Å². The molecule has 152 valence electrons. The van der Waals surface area contributed by atoms with Crippen LogP contribution in [0.2, 0.25) is 0 Å². The van der Waals surface area contributed by atoms with Crippen molar-refractivity contribution in [2.75, 3.05) is 33.6 Å². The summed E-state index contributed by atoms with van der Waals surface area (Å²) < 4.78 is 36.1. The number of nitrogens with zero attached hydrogens (tertiary/aromatic N) is 2. The van der Waals surface area contributed by atoms with Gasteiger partial charge in [0.1, 0.15) is 0 Å². The van der Waals surface area contributed by atoms with Gasteiger partial charge in [0.2, 0.25) is 15.9 Å². The van der Waals surface area contributed by atoms with Crippen LogP contribution in [-0.2, 0) is 27.8 Å². The molecule has 7 nitrogen and oxygen atoms in total. The summed E-state index contributed by atoms with van der Waals surface area (Å²) in [5.41, 5.74) is 2.18. The van der Waals surface area contributed by atoms with Gasteiger partial charge in [0, 0.05) is 32.1 Å². The average Bonchev–Trinajstić information content (AvgIpc) is 2.64. The zero-order valence-electron chi connectivity index (χ0n) is 16.8. The Kier molecular flexibility index (Phi) is 7.11. The fourth-order valence-electron chi connectivity index (χ4n) is 3.38. The van der Waals surface area contributed by atoms with Crippen LogP contribution in [0, 0.1) is 0 Å². The molecule has 0 saturated heterocycles. The van der Waals surface area contributed by atoms with E-state index in [0.717, 1.165) is 17.5 Å². The van der Waals surface area contributed by atoms with E-state index >= 15 is 0 Å². The maximum Gasteiger partial charge on any atom is 0.224 e. The van der Waals surface area contributed by atoms with Crippen molar-refractivity contribution >= 4 is 15.9 Å². The Balaban J connectivity index is 2.07. The molecule has 0 spiro atoms. The lowest BCUT2D eigenvalue weighted by Gasteiger charge is -2.31. The van der Waals surface area contributed by atoms with Crippen LogP contribution in [-0.4, -0.2) is 63.1 Å². The Hall–Kier alpha value is -1.80. The molecule has 0 aromatic heterocycles. The Morgan fingerprint density at radius 3 is 2.33 bits per heavy atom. The van der Waals surface area contributed by atoms with E-state index in [1.807, 2.05) is 26.0 Å². The minimum absolute atomic E-state index is 0.0348. The van der Waals surface area contributed by atoms with Gasteiger partial charge in [0.15, 0.2) is 11.5 Å². The number of sulfonamides is 1. The van der Waals surface area contributed by atoms with E-state index < -0.39 is 10.0 Å². The largest absolute Gasteiger partial charge is 0.493 e. The van der Waals surface area contributed by atoms with Gasteiger partial charge in [-0.05, 0) is 43.0 Å². The smallest absolute Gasteiger partial charge is 0.224 e. The van der Waals surface area contributed by atoms with Crippen molar-refractivity contribution < 1.29 is 22.7 Å². The first-order valence-electron chi connectivity index (χ1n) is 9.19. The minimum Gasteiger partial charge on any atom is -0.493 e. The number of hydrogen-bond donors (Lipinski definition) is 0. The summed E-state index contributed by atoms with van der Waals surface area (Å²) in [4.78, 5) is 14.5. The molecule has 1 aromatic rings. The van der Waals surface area contributed by atoms with E-state index in [4.69, 9.17) is 9.47 Å². The second kappa shape index (κ2) is 8.93. The number of carbonyl (C=O) groups excluding carboxylic acids is 1. The van der Waals surface area contributed by atoms with E-state index in [2.05, 4.69) is 0 Å². The molecular weight excluding hydrogens is 368 g/mol. The second-order valence-corrected chi connectivity index (χ2v) is 8.86. The molecule has 1 aliphatic rings. The van der Waals surface area contributed by atoms with Crippen LogP contribution in [0.5, 0.6) is 11.5 Å². The van der Waals surface area contributed by atoms with E-state index in [0.29, 0.717) is 31.0 Å². The van der Waals surface area contributed by atoms with Gasteiger partial charge in [-0.15, -0.1) is 0 Å². The summed E-state index contributed by atoms with van der Waals surface area (Å²) in [6.45, 7) is 5.12. The standard InChI is InChI=1S/C19H30N2O5S/c1-6-14(2)21(27(5,23)24)10-8-19(22)20-9-7-15-11-17(25-3)18(26-4)12-16(15)13-20/h11-12,14H,6-10,13H2,1-5H3. The Morgan fingerprint density at radius 1 is 1.22 bits per heavy atom. The van der Waals surface area contributed by atoms with Gasteiger partial charge in [-0.25, -0.2) is 8.42 Å². The highest BCUT2D eigenvalue weighted by molar-refractivity contribution is 7.88. The molecule has 0 radical (unpaired) electrons. The topological polar surface area (TPSA) is 76.2 Å². The molecule has 1 heterocycles. The molecule has 0 bridgehead atoms. The second-order valence-electron chi connectivity index (χ2n) is 6.92. The van der Waals surface area contributed by atoms with E-state index in [9.17, 15) is 13.2 Å². The molecule has 1 atom stereocenters. The van der Waals surface area contributed by atoms with Crippen LogP contribution in [0.3, 0.4) is 0 Å². The highest BCUT2D eigenvalue weighted by Crippen LogP contribution is 2.33. The predicted molar refractivity (Wildman–Crippen MR) is 105 cm³/mol. The lowest BCUT2D eigenvalue weighted by atomic mass is 9.98. The fourth-order valence-corrected chi connectivity index (χ4v) is 4.60. The van der Waals surface area contributed by atoms with Crippen molar-refractivity contribution in [3.63, 3.8) is 0 Å². The van der Waals surface area contributed by atoms with Gasteiger partial charge >= 0.3 is 0 Å². The molecule has 2 rings (SSSR count). The number of benzene rings is 1. The van der Waals surface area contributed by atoms with Crippen molar-refractivity contribution in [2.24, 2.45) is 0 Å². The number of amides is 1.